The van der Waals surface area contributed by atoms with Crippen LogP contribution in [0.1, 0.15) is 36.8 Å². The van der Waals surface area contributed by atoms with Crippen molar-refractivity contribution in [3.8, 4) is 6.07 Å². The summed E-state index contributed by atoms with van der Waals surface area (Å²) in [6, 6.07) is 2.15. The molecule has 0 aromatic carbocycles. The second kappa shape index (κ2) is 5.51. The van der Waals surface area contributed by atoms with Crippen molar-refractivity contribution < 1.29 is 4.79 Å². The van der Waals surface area contributed by atoms with E-state index in [9.17, 15) is 4.79 Å². The first-order chi connectivity index (χ1) is 8.33. The molecule has 0 atom stereocenters. The van der Waals surface area contributed by atoms with Crippen LogP contribution in [0.3, 0.4) is 0 Å². The first kappa shape index (κ1) is 14.7. The Balaban J connectivity index is 2.96. The van der Waals surface area contributed by atoms with Crippen LogP contribution in [0, 0.1) is 25.2 Å². The summed E-state index contributed by atoms with van der Waals surface area (Å²) in [5.74, 6) is -0.123. The molecule has 0 aliphatic carbocycles. The van der Waals surface area contributed by atoms with Crippen LogP contribution in [0.15, 0.2) is 0 Å². The van der Waals surface area contributed by atoms with Gasteiger partial charge in [0.25, 0.3) is 0 Å². The molecule has 0 saturated heterocycles. The molecule has 0 unspecified atom stereocenters. The molecule has 5 heteroatoms. The van der Waals surface area contributed by atoms with Crippen molar-refractivity contribution in [2.24, 2.45) is 0 Å². The van der Waals surface area contributed by atoms with Gasteiger partial charge in [-0.05, 0) is 39.8 Å². The normalized spacial score (nSPS) is 11.1. The third-order valence-electron chi connectivity index (χ3n) is 2.91. The first-order valence-electron chi connectivity index (χ1n) is 5.90. The molecule has 0 saturated carbocycles. The predicted octanol–water partition coefficient (Wildman–Crippen LogP) is 2.56. The van der Waals surface area contributed by atoms with E-state index in [0.29, 0.717) is 17.1 Å². The van der Waals surface area contributed by atoms with Gasteiger partial charge in [-0.3, -0.25) is 4.79 Å². The molecule has 18 heavy (non-hydrogen) atoms. The zero-order valence-corrected chi connectivity index (χ0v) is 12.3. The SMILES string of the molecule is CCNC(C)(C)C(=O)Nc1sc(C)c(C)c1C#N. The number of nitrogens with zero attached hydrogens (tertiary/aromatic N) is 1. The van der Waals surface area contributed by atoms with Crippen molar-refractivity contribution in [3.05, 3.63) is 16.0 Å². The van der Waals surface area contributed by atoms with Crippen molar-refractivity contribution in [1.29, 1.82) is 5.26 Å². The first-order valence-corrected chi connectivity index (χ1v) is 6.71. The third kappa shape index (κ3) is 2.89. The van der Waals surface area contributed by atoms with Crippen molar-refractivity contribution in [1.82, 2.24) is 5.32 Å². The molecule has 0 fully saturated rings. The maximum atomic E-state index is 12.1. The Morgan fingerprint density at radius 3 is 2.56 bits per heavy atom. The number of carbonyl (C=O) groups is 1. The summed E-state index contributed by atoms with van der Waals surface area (Å²) in [6.45, 7) is 10.2. The molecule has 0 radical (unpaired) electrons. The summed E-state index contributed by atoms with van der Waals surface area (Å²) in [5.41, 5.74) is 0.866. The van der Waals surface area contributed by atoms with Gasteiger partial charge in [0.1, 0.15) is 11.1 Å². The molecule has 2 N–H and O–H groups in total. The lowest BCUT2D eigenvalue weighted by Crippen LogP contribution is -2.49. The molecule has 0 aliphatic heterocycles. The van der Waals surface area contributed by atoms with E-state index in [4.69, 9.17) is 5.26 Å². The number of amides is 1. The van der Waals surface area contributed by atoms with E-state index < -0.39 is 5.54 Å². The van der Waals surface area contributed by atoms with E-state index in [1.54, 1.807) is 0 Å². The van der Waals surface area contributed by atoms with Gasteiger partial charge in [0.2, 0.25) is 5.91 Å². The van der Waals surface area contributed by atoms with Crippen LogP contribution in [-0.4, -0.2) is 18.0 Å². The van der Waals surface area contributed by atoms with Crippen molar-refractivity contribution in [2.45, 2.75) is 40.2 Å². The van der Waals surface area contributed by atoms with Crippen LogP contribution >= 0.6 is 11.3 Å². The summed E-state index contributed by atoms with van der Waals surface area (Å²) in [7, 11) is 0. The number of likely N-dealkylation sites (N-methyl/N-ethyl adjacent to an activating group) is 1. The molecular formula is C13H19N3OS. The number of nitrogens with one attached hydrogen (secondary N) is 2. The molecule has 1 rings (SSSR count). The maximum absolute atomic E-state index is 12.1. The largest absolute Gasteiger partial charge is 0.315 e. The van der Waals surface area contributed by atoms with Gasteiger partial charge >= 0.3 is 0 Å². The van der Waals surface area contributed by atoms with Crippen LogP contribution in [-0.2, 0) is 4.79 Å². The lowest BCUT2D eigenvalue weighted by Gasteiger charge is -2.24. The Bertz CT molecular complexity index is 497. The van der Waals surface area contributed by atoms with Crippen LogP contribution in [0.25, 0.3) is 0 Å². The highest BCUT2D eigenvalue weighted by Gasteiger charge is 2.27. The lowest BCUT2D eigenvalue weighted by molar-refractivity contribution is -0.121. The highest BCUT2D eigenvalue weighted by atomic mass is 32.1. The molecule has 1 aromatic heterocycles. The second-order valence-electron chi connectivity index (χ2n) is 4.71. The van der Waals surface area contributed by atoms with Gasteiger partial charge < -0.3 is 10.6 Å². The number of nitriles is 1. The number of hydrogen-bond donors (Lipinski definition) is 2. The molecule has 0 spiro atoms. The summed E-state index contributed by atoms with van der Waals surface area (Å²) >= 11 is 1.45. The third-order valence-corrected chi connectivity index (χ3v) is 4.03. The molecule has 4 nitrogen and oxygen atoms in total. The van der Waals surface area contributed by atoms with Gasteiger partial charge in [-0.1, -0.05) is 6.92 Å². The quantitative estimate of drug-likeness (QED) is 0.879. The minimum absolute atomic E-state index is 0.123. The van der Waals surface area contributed by atoms with E-state index in [1.165, 1.54) is 11.3 Å². The average molecular weight is 265 g/mol. The number of anilines is 1. The van der Waals surface area contributed by atoms with E-state index in [2.05, 4.69) is 16.7 Å². The zero-order valence-electron chi connectivity index (χ0n) is 11.5. The summed E-state index contributed by atoms with van der Waals surface area (Å²) in [5, 5.41) is 15.7. The topological polar surface area (TPSA) is 64.9 Å². The minimum atomic E-state index is -0.646. The molecule has 1 aromatic rings. The number of aryl methyl sites for hydroxylation is 1. The smallest absolute Gasteiger partial charge is 0.244 e. The number of thiophene rings is 1. The minimum Gasteiger partial charge on any atom is -0.315 e. The molecule has 0 bridgehead atoms. The Hall–Kier alpha value is -1.38. The maximum Gasteiger partial charge on any atom is 0.244 e. The zero-order chi connectivity index (χ0) is 13.9. The Morgan fingerprint density at radius 2 is 2.06 bits per heavy atom. The van der Waals surface area contributed by atoms with Gasteiger partial charge in [0.05, 0.1) is 11.1 Å². The van der Waals surface area contributed by atoms with Crippen LogP contribution in [0.2, 0.25) is 0 Å². The highest BCUT2D eigenvalue weighted by molar-refractivity contribution is 7.16. The van der Waals surface area contributed by atoms with Gasteiger partial charge in [-0.25, -0.2) is 0 Å². The summed E-state index contributed by atoms with van der Waals surface area (Å²) < 4.78 is 0. The van der Waals surface area contributed by atoms with Crippen molar-refractivity contribution in [3.63, 3.8) is 0 Å². The fourth-order valence-corrected chi connectivity index (χ4v) is 2.64. The summed E-state index contributed by atoms with van der Waals surface area (Å²) in [4.78, 5) is 13.2. The number of carbonyl (C=O) groups excluding carboxylic acids is 1. The lowest BCUT2D eigenvalue weighted by atomic mass is 10.0. The standard InChI is InChI=1S/C13H19N3OS/c1-6-15-13(4,5)12(17)16-11-10(7-14)8(2)9(3)18-11/h15H,6H2,1-5H3,(H,16,17). The molecular weight excluding hydrogens is 246 g/mol. The van der Waals surface area contributed by atoms with Gasteiger partial charge in [0.15, 0.2) is 0 Å². The van der Waals surface area contributed by atoms with Gasteiger partial charge in [-0.15, -0.1) is 11.3 Å². The van der Waals surface area contributed by atoms with Crippen molar-refractivity contribution in [2.75, 3.05) is 11.9 Å². The van der Waals surface area contributed by atoms with E-state index in [0.717, 1.165) is 10.4 Å². The van der Waals surface area contributed by atoms with Crippen LogP contribution in [0.4, 0.5) is 5.00 Å². The number of hydrogen-bond acceptors (Lipinski definition) is 4. The fourth-order valence-electron chi connectivity index (χ4n) is 1.63. The van der Waals surface area contributed by atoms with E-state index in [-0.39, 0.29) is 5.91 Å². The van der Waals surface area contributed by atoms with Crippen LogP contribution < -0.4 is 10.6 Å². The van der Waals surface area contributed by atoms with Gasteiger partial charge in [-0.2, -0.15) is 5.26 Å². The van der Waals surface area contributed by atoms with E-state index in [1.807, 2.05) is 34.6 Å². The predicted molar refractivity (Wildman–Crippen MR) is 74.9 cm³/mol. The average Bonchev–Trinajstić information content (AvgIpc) is 2.54. The Morgan fingerprint density at radius 1 is 1.44 bits per heavy atom. The number of rotatable bonds is 4. The highest BCUT2D eigenvalue weighted by Crippen LogP contribution is 2.32. The molecule has 98 valence electrons. The van der Waals surface area contributed by atoms with E-state index >= 15 is 0 Å². The molecule has 0 aliphatic rings. The molecule has 1 heterocycles. The Kier molecular flexibility index (Phi) is 4.49. The monoisotopic (exact) mass is 265 g/mol. The van der Waals surface area contributed by atoms with Crippen molar-refractivity contribution >= 4 is 22.2 Å². The Labute approximate surface area is 112 Å². The fraction of sp³-hybridized carbons (Fsp3) is 0.538. The molecule has 1 amide bonds. The second-order valence-corrected chi connectivity index (χ2v) is 5.93. The van der Waals surface area contributed by atoms with Crippen LogP contribution in [0.5, 0.6) is 0 Å². The summed E-state index contributed by atoms with van der Waals surface area (Å²) in [6.07, 6.45) is 0. The van der Waals surface area contributed by atoms with Gasteiger partial charge in [0, 0.05) is 4.88 Å².